The van der Waals surface area contributed by atoms with Crippen molar-refractivity contribution >= 4 is 0 Å². The number of hydrogen-bond donors (Lipinski definition) is 0. The van der Waals surface area contributed by atoms with Crippen LogP contribution in [0.2, 0.25) is 0 Å². The zero-order valence-electron chi connectivity index (χ0n) is 2.72. The van der Waals surface area contributed by atoms with Crippen LogP contribution in [-0.4, -0.2) is 16.4 Å². The van der Waals surface area contributed by atoms with E-state index < -0.39 is 0 Å². The van der Waals surface area contributed by atoms with Crippen molar-refractivity contribution in [1.82, 2.24) is 0 Å². The van der Waals surface area contributed by atoms with Crippen molar-refractivity contribution in [2.24, 2.45) is 0 Å². The minimum atomic E-state index is 0. The smallest absolute Gasteiger partial charge is 0 e. The van der Waals surface area contributed by atoms with E-state index in [2.05, 4.69) is 0 Å². The van der Waals surface area contributed by atoms with Gasteiger partial charge in [-0.3, -0.25) is 0 Å². The third kappa shape index (κ3) is 45.3. The van der Waals surface area contributed by atoms with Crippen molar-refractivity contribution < 1.29 is 72.2 Å². The van der Waals surface area contributed by atoms with E-state index in [1.807, 2.05) is 0 Å². The Morgan fingerprint density at radius 3 is 0.500 bits per heavy atom. The molecule has 6 N–H and O–H groups in total. The zero-order valence-corrected chi connectivity index (χ0v) is 8.21. The first-order valence-corrected chi connectivity index (χ1v) is 0. The molecule has 0 atom stereocenters. The van der Waals surface area contributed by atoms with Crippen LogP contribution in [0, 0.1) is 0 Å². The van der Waals surface area contributed by atoms with Gasteiger partial charge in [-0.25, -0.2) is 0 Å². The minimum Gasteiger partial charge on any atom is -0.412 e. The SMILES string of the molecule is O.O.O.[Cr].[Cr].[W]. The van der Waals surface area contributed by atoms with Gasteiger partial charge < -0.3 is 16.4 Å². The molecular formula is H6Cr2O3W. The van der Waals surface area contributed by atoms with Gasteiger partial charge in [-0.05, 0) is 0 Å². The molecule has 6 heteroatoms. The normalized spacial score (nSPS) is 0. The molecular weight excluding hydrogens is 336 g/mol. The molecule has 0 fully saturated rings. The average molecular weight is 342 g/mol. The van der Waals surface area contributed by atoms with Crippen LogP contribution in [0.15, 0.2) is 0 Å². The third-order valence-electron chi connectivity index (χ3n) is 0. The first-order valence-electron chi connectivity index (χ1n) is 0. The fraction of sp³-hybridized carbons (Fsp3) is 0. The molecule has 0 heterocycles. The average Bonchev–Trinajstić information content (AvgIpc) is 0. The summed E-state index contributed by atoms with van der Waals surface area (Å²) in [4.78, 5) is 0. The van der Waals surface area contributed by atoms with Crippen LogP contribution in [-0.2, 0) is 55.8 Å². The molecule has 42 valence electrons. The summed E-state index contributed by atoms with van der Waals surface area (Å²) < 4.78 is 0. The zero-order chi connectivity index (χ0) is 0. The maximum absolute atomic E-state index is 0. The van der Waals surface area contributed by atoms with Crippen molar-refractivity contribution in [3.63, 3.8) is 0 Å². The predicted octanol–water partition coefficient (Wildman–Crippen LogP) is -2.48. The van der Waals surface area contributed by atoms with Gasteiger partial charge in [0.05, 0.1) is 0 Å². The quantitative estimate of drug-likeness (QED) is 0.466. The van der Waals surface area contributed by atoms with E-state index >= 15 is 0 Å². The van der Waals surface area contributed by atoms with Gasteiger partial charge in [0.2, 0.25) is 0 Å². The standard InChI is InChI=1S/2Cr.3H2O.W/h;;3*1H2;. The van der Waals surface area contributed by atoms with E-state index in [4.69, 9.17) is 0 Å². The molecule has 0 saturated carbocycles. The van der Waals surface area contributed by atoms with Gasteiger partial charge in [-0.2, -0.15) is 0 Å². The Kier molecular flexibility index (Phi) is 1660. The van der Waals surface area contributed by atoms with E-state index in [1.165, 1.54) is 0 Å². The van der Waals surface area contributed by atoms with Crippen LogP contribution >= 0.6 is 0 Å². The summed E-state index contributed by atoms with van der Waals surface area (Å²) in [5.41, 5.74) is 0. The van der Waals surface area contributed by atoms with Gasteiger partial charge >= 0.3 is 0 Å². The maximum atomic E-state index is 0. The molecule has 6 heavy (non-hydrogen) atoms. The third-order valence-corrected chi connectivity index (χ3v) is 0. The van der Waals surface area contributed by atoms with Crippen molar-refractivity contribution in [3.05, 3.63) is 0 Å². The van der Waals surface area contributed by atoms with Gasteiger partial charge in [0.25, 0.3) is 0 Å². The minimum absolute atomic E-state index is 0. The van der Waals surface area contributed by atoms with Crippen LogP contribution in [0.3, 0.4) is 0 Å². The van der Waals surface area contributed by atoms with Crippen molar-refractivity contribution in [2.75, 3.05) is 0 Å². The number of hydrogen-bond acceptors (Lipinski definition) is 0. The van der Waals surface area contributed by atoms with E-state index in [0.29, 0.717) is 0 Å². The Labute approximate surface area is 71.9 Å². The Bertz CT molecular complexity index is 8.75. The fourth-order valence-corrected chi connectivity index (χ4v) is 0. The van der Waals surface area contributed by atoms with E-state index in [1.54, 1.807) is 0 Å². The van der Waals surface area contributed by atoms with Crippen molar-refractivity contribution in [3.8, 4) is 0 Å². The Balaban J connectivity index is 0. The predicted molar refractivity (Wildman–Crippen MR) is 10.8 cm³/mol. The molecule has 0 aliphatic rings. The van der Waals surface area contributed by atoms with E-state index in [9.17, 15) is 0 Å². The Hall–Kier alpha value is 1.63. The second-order valence-corrected chi connectivity index (χ2v) is 0. The summed E-state index contributed by atoms with van der Waals surface area (Å²) in [7, 11) is 0. The van der Waals surface area contributed by atoms with Gasteiger partial charge in [0, 0.05) is 55.8 Å². The molecule has 0 aromatic rings. The van der Waals surface area contributed by atoms with Gasteiger partial charge in [0.1, 0.15) is 0 Å². The first kappa shape index (κ1) is 126. The summed E-state index contributed by atoms with van der Waals surface area (Å²) in [5.74, 6) is 0. The molecule has 0 unspecified atom stereocenters. The van der Waals surface area contributed by atoms with E-state index in [-0.39, 0.29) is 72.2 Å². The van der Waals surface area contributed by atoms with Crippen molar-refractivity contribution in [2.45, 2.75) is 0 Å². The van der Waals surface area contributed by atoms with Crippen LogP contribution in [0.25, 0.3) is 0 Å². The fourth-order valence-electron chi connectivity index (χ4n) is 0. The van der Waals surface area contributed by atoms with Crippen LogP contribution in [0.1, 0.15) is 0 Å². The molecule has 0 aliphatic carbocycles. The Morgan fingerprint density at radius 1 is 0.500 bits per heavy atom. The summed E-state index contributed by atoms with van der Waals surface area (Å²) in [6.45, 7) is 0. The monoisotopic (exact) mass is 342 g/mol. The molecule has 0 aromatic heterocycles. The summed E-state index contributed by atoms with van der Waals surface area (Å²) in [5, 5.41) is 0. The molecule has 0 saturated heterocycles. The van der Waals surface area contributed by atoms with Crippen molar-refractivity contribution in [1.29, 1.82) is 0 Å². The molecule has 0 rings (SSSR count). The van der Waals surface area contributed by atoms with Crippen LogP contribution < -0.4 is 0 Å². The van der Waals surface area contributed by atoms with Crippen LogP contribution in [0.5, 0.6) is 0 Å². The van der Waals surface area contributed by atoms with Gasteiger partial charge in [-0.15, -0.1) is 0 Å². The number of rotatable bonds is 0. The second-order valence-electron chi connectivity index (χ2n) is 0. The van der Waals surface area contributed by atoms with Gasteiger partial charge in [-0.1, -0.05) is 0 Å². The molecule has 0 aliphatic heterocycles. The second kappa shape index (κ2) is 78.9. The first-order chi connectivity index (χ1) is 0. The van der Waals surface area contributed by atoms with Crippen LogP contribution in [0.4, 0.5) is 0 Å². The summed E-state index contributed by atoms with van der Waals surface area (Å²) >= 11 is 0. The van der Waals surface area contributed by atoms with Gasteiger partial charge in [0.15, 0.2) is 0 Å². The molecule has 0 spiro atoms. The largest absolute Gasteiger partial charge is 0.412 e. The molecule has 0 radical (unpaired) electrons. The molecule has 0 aromatic carbocycles. The summed E-state index contributed by atoms with van der Waals surface area (Å²) in [6.07, 6.45) is 0. The topological polar surface area (TPSA) is 94.5 Å². The Morgan fingerprint density at radius 2 is 0.500 bits per heavy atom. The maximum Gasteiger partial charge on any atom is 0 e. The molecule has 0 amide bonds. The molecule has 0 bridgehead atoms. The van der Waals surface area contributed by atoms with E-state index in [0.717, 1.165) is 0 Å². The molecule has 3 nitrogen and oxygen atoms in total. The summed E-state index contributed by atoms with van der Waals surface area (Å²) in [6, 6.07) is 0.